The largest absolute Gasteiger partial charge is 0.344 e. The third-order valence-corrected chi connectivity index (χ3v) is 4.47. The Balaban J connectivity index is 2.17. The molecule has 0 unspecified atom stereocenters. The first-order valence-corrected chi connectivity index (χ1v) is 8.77. The van der Waals surface area contributed by atoms with Gasteiger partial charge in [0.25, 0.3) is 0 Å². The highest BCUT2D eigenvalue weighted by Crippen LogP contribution is 2.28. The van der Waals surface area contributed by atoms with Crippen molar-refractivity contribution in [2.24, 2.45) is 5.92 Å². The van der Waals surface area contributed by atoms with E-state index in [1.165, 1.54) is 23.8 Å². The highest BCUT2D eigenvalue weighted by atomic mass is 32.1. The molecule has 0 aliphatic rings. The number of aryl methyl sites for hydroxylation is 2. The molecule has 0 saturated carbocycles. The number of thiazole rings is 1. The minimum atomic E-state index is -0.574. The van der Waals surface area contributed by atoms with Crippen LogP contribution in [0.15, 0.2) is 23.6 Å². The van der Waals surface area contributed by atoms with E-state index in [-0.39, 0.29) is 17.7 Å². The Morgan fingerprint density at radius 2 is 1.92 bits per heavy atom. The van der Waals surface area contributed by atoms with Crippen LogP contribution in [0.25, 0.3) is 11.3 Å². The molecule has 1 aromatic heterocycles. The topological polar surface area (TPSA) is 71.1 Å². The molecule has 0 fully saturated rings. The van der Waals surface area contributed by atoms with Gasteiger partial charge < -0.3 is 10.6 Å². The maximum Gasteiger partial charge on any atom is 0.248 e. The van der Waals surface area contributed by atoms with Crippen LogP contribution in [0.4, 0.5) is 5.13 Å². The zero-order valence-electron chi connectivity index (χ0n) is 14.6. The summed E-state index contributed by atoms with van der Waals surface area (Å²) in [6.45, 7) is 9.27. The van der Waals surface area contributed by atoms with Gasteiger partial charge in [0.1, 0.15) is 6.04 Å². The van der Waals surface area contributed by atoms with Crippen LogP contribution in [-0.4, -0.2) is 22.8 Å². The van der Waals surface area contributed by atoms with Gasteiger partial charge in [-0.3, -0.25) is 9.59 Å². The summed E-state index contributed by atoms with van der Waals surface area (Å²) in [6.07, 6.45) is 0. The molecule has 24 heavy (non-hydrogen) atoms. The van der Waals surface area contributed by atoms with Crippen molar-refractivity contribution in [3.63, 3.8) is 0 Å². The van der Waals surface area contributed by atoms with Crippen LogP contribution in [0, 0.1) is 19.8 Å². The molecule has 128 valence electrons. The first-order chi connectivity index (χ1) is 11.3. The second kappa shape index (κ2) is 7.57. The number of aromatic nitrogens is 1. The second-order valence-electron chi connectivity index (χ2n) is 6.27. The van der Waals surface area contributed by atoms with Crippen LogP contribution in [0.1, 0.15) is 31.9 Å². The fourth-order valence-electron chi connectivity index (χ4n) is 2.40. The van der Waals surface area contributed by atoms with E-state index in [1.54, 1.807) is 0 Å². The van der Waals surface area contributed by atoms with Crippen molar-refractivity contribution in [2.45, 2.75) is 40.7 Å². The maximum atomic E-state index is 12.4. The highest BCUT2D eigenvalue weighted by molar-refractivity contribution is 7.14. The molecule has 0 saturated heterocycles. The van der Waals surface area contributed by atoms with Crippen LogP contribution in [0.3, 0.4) is 0 Å². The van der Waals surface area contributed by atoms with Gasteiger partial charge in [0.05, 0.1) is 5.69 Å². The molecule has 0 aliphatic heterocycles. The van der Waals surface area contributed by atoms with Crippen molar-refractivity contribution >= 4 is 28.3 Å². The molecule has 0 bridgehead atoms. The highest BCUT2D eigenvalue weighted by Gasteiger charge is 2.24. The summed E-state index contributed by atoms with van der Waals surface area (Å²) in [6, 6.07) is 5.64. The predicted molar refractivity (Wildman–Crippen MR) is 98.1 cm³/mol. The Bertz CT molecular complexity index is 752. The van der Waals surface area contributed by atoms with Crippen molar-refractivity contribution in [1.82, 2.24) is 10.3 Å². The van der Waals surface area contributed by atoms with Crippen LogP contribution < -0.4 is 10.6 Å². The summed E-state index contributed by atoms with van der Waals surface area (Å²) in [5.41, 5.74) is 4.22. The lowest BCUT2D eigenvalue weighted by molar-refractivity contribution is -0.126. The fraction of sp³-hybridized carbons (Fsp3) is 0.389. The summed E-state index contributed by atoms with van der Waals surface area (Å²) in [5, 5.41) is 7.95. The molecule has 2 rings (SSSR count). The van der Waals surface area contributed by atoms with E-state index in [9.17, 15) is 9.59 Å². The number of nitrogens with zero attached hydrogens (tertiary/aromatic N) is 1. The second-order valence-corrected chi connectivity index (χ2v) is 7.13. The van der Waals surface area contributed by atoms with E-state index >= 15 is 0 Å². The monoisotopic (exact) mass is 345 g/mol. The number of benzene rings is 1. The number of nitrogens with one attached hydrogen (secondary N) is 2. The summed E-state index contributed by atoms with van der Waals surface area (Å²) < 4.78 is 0. The van der Waals surface area contributed by atoms with E-state index < -0.39 is 6.04 Å². The van der Waals surface area contributed by atoms with Crippen molar-refractivity contribution < 1.29 is 9.59 Å². The Morgan fingerprint density at radius 3 is 2.54 bits per heavy atom. The lowest BCUT2D eigenvalue weighted by Gasteiger charge is -2.20. The summed E-state index contributed by atoms with van der Waals surface area (Å²) in [5.74, 6) is -0.478. The maximum absolute atomic E-state index is 12.4. The normalized spacial score (nSPS) is 12.1. The Labute approximate surface area is 146 Å². The number of carbonyl (C=O) groups excluding carboxylic acids is 2. The molecule has 1 heterocycles. The van der Waals surface area contributed by atoms with Gasteiger partial charge >= 0.3 is 0 Å². The molecule has 0 radical (unpaired) electrons. The third-order valence-electron chi connectivity index (χ3n) is 3.71. The molecular formula is C18H23N3O2S. The average Bonchev–Trinajstić information content (AvgIpc) is 2.95. The molecule has 1 aromatic carbocycles. The number of hydrogen-bond donors (Lipinski definition) is 2. The molecule has 2 aromatic rings. The van der Waals surface area contributed by atoms with Gasteiger partial charge in [-0.2, -0.15) is 0 Å². The number of hydrogen-bond acceptors (Lipinski definition) is 4. The van der Waals surface area contributed by atoms with Gasteiger partial charge in [0.15, 0.2) is 5.13 Å². The van der Waals surface area contributed by atoms with Crippen molar-refractivity contribution in [3.8, 4) is 11.3 Å². The molecule has 2 amide bonds. The Kier molecular flexibility index (Phi) is 5.72. The van der Waals surface area contributed by atoms with Gasteiger partial charge in [-0.05, 0) is 31.4 Å². The smallest absolute Gasteiger partial charge is 0.248 e. The third kappa shape index (κ3) is 4.41. The number of carbonyl (C=O) groups is 2. The SMILES string of the molecule is CC(=O)N[C@@H](C(=O)Nc1nc(-c2cc(C)ccc2C)cs1)C(C)C. The quantitative estimate of drug-likeness (QED) is 0.871. The number of anilines is 1. The first kappa shape index (κ1) is 18.1. The lowest BCUT2D eigenvalue weighted by Crippen LogP contribution is -2.46. The van der Waals surface area contributed by atoms with Crippen LogP contribution in [0.2, 0.25) is 0 Å². The standard InChI is InChI=1S/C18H23N3O2S/c1-10(2)16(19-13(5)22)17(23)21-18-20-15(9-24-18)14-8-11(3)6-7-12(14)4/h6-10,16H,1-5H3,(H,19,22)(H,20,21,23)/t16-/m1/s1. The van der Waals surface area contributed by atoms with Crippen LogP contribution in [0.5, 0.6) is 0 Å². The minimum absolute atomic E-state index is 0.00708. The molecular weight excluding hydrogens is 322 g/mol. The minimum Gasteiger partial charge on any atom is -0.344 e. The summed E-state index contributed by atoms with van der Waals surface area (Å²) >= 11 is 1.38. The molecule has 1 atom stereocenters. The van der Waals surface area contributed by atoms with E-state index in [0.29, 0.717) is 5.13 Å². The van der Waals surface area contributed by atoms with Gasteiger partial charge in [0.2, 0.25) is 11.8 Å². The zero-order chi connectivity index (χ0) is 17.9. The number of amides is 2. The molecule has 2 N–H and O–H groups in total. The van der Waals surface area contributed by atoms with E-state index in [1.807, 2.05) is 33.1 Å². The van der Waals surface area contributed by atoms with Gasteiger partial charge in [-0.25, -0.2) is 4.98 Å². The van der Waals surface area contributed by atoms with Gasteiger partial charge in [-0.15, -0.1) is 11.3 Å². The van der Waals surface area contributed by atoms with Crippen LogP contribution in [-0.2, 0) is 9.59 Å². The molecule has 5 nitrogen and oxygen atoms in total. The molecule has 0 spiro atoms. The molecule has 0 aliphatic carbocycles. The van der Waals surface area contributed by atoms with Crippen molar-refractivity contribution in [3.05, 3.63) is 34.7 Å². The zero-order valence-corrected chi connectivity index (χ0v) is 15.5. The predicted octanol–water partition coefficient (Wildman–Crippen LogP) is 3.53. The number of rotatable bonds is 5. The molecule has 6 heteroatoms. The fourth-order valence-corrected chi connectivity index (χ4v) is 3.12. The Morgan fingerprint density at radius 1 is 1.21 bits per heavy atom. The van der Waals surface area contributed by atoms with Gasteiger partial charge in [-0.1, -0.05) is 31.5 Å². The lowest BCUT2D eigenvalue weighted by atomic mass is 10.0. The Hall–Kier alpha value is -2.21. The van der Waals surface area contributed by atoms with Crippen molar-refractivity contribution in [2.75, 3.05) is 5.32 Å². The van der Waals surface area contributed by atoms with E-state index in [2.05, 4.69) is 33.8 Å². The van der Waals surface area contributed by atoms with E-state index in [4.69, 9.17) is 0 Å². The summed E-state index contributed by atoms with van der Waals surface area (Å²) in [4.78, 5) is 28.2. The summed E-state index contributed by atoms with van der Waals surface area (Å²) in [7, 11) is 0. The first-order valence-electron chi connectivity index (χ1n) is 7.89. The average molecular weight is 345 g/mol. The van der Waals surface area contributed by atoms with Crippen molar-refractivity contribution in [1.29, 1.82) is 0 Å². The van der Waals surface area contributed by atoms with Crippen LogP contribution >= 0.6 is 11.3 Å². The van der Waals surface area contributed by atoms with E-state index in [0.717, 1.165) is 16.8 Å². The van der Waals surface area contributed by atoms with Gasteiger partial charge in [0, 0.05) is 17.9 Å².